The van der Waals surface area contributed by atoms with Crippen molar-refractivity contribution in [1.82, 2.24) is 5.32 Å². The number of carbonyl (C=O) groups is 1. The molecule has 1 amide bonds. The predicted molar refractivity (Wildman–Crippen MR) is 69.5 cm³/mol. The minimum atomic E-state index is 0.222. The summed E-state index contributed by atoms with van der Waals surface area (Å²) in [5.74, 6) is 0.491. The third kappa shape index (κ3) is 3.44. The Morgan fingerprint density at radius 2 is 1.82 bits per heavy atom. The summed E-state index contributed by atoms with van der Waals surface area (Å²) in [6.07, 6.45) is 9.15. The van der Waals surface area contributed by atoms with Crippen molar-refractivity contribution in [2.24, 2.45) is 17.1 Å². The molecule has 0 aliphatic heterocycles. The van der Waals surface area contributed by atoms with Crippen LogP contribution in [-0.4, -0.2) is 18.5 Å². The zero-order chi connectivity index (χ0) is 12.3. The number of rotatable bonds is 3. The van der Waals surface area contributed by atoms with Crippen LogP contribution >= 0.6 is 0 Å². The SMILES string of the molecule is CC1(CNC(=O)C2CCC(N)CC2)CCCC1. The molecule has 0 radical (unpaired) electrons. The Bertz CT molecular complexity index is 263. The highest BCUT2D eigenvalue weighted by atomic mass is 16.1. The van der Waals surface area contributed by atoms with Crippen molar-refractivity contribution in [2.45, 2.75) is 64.3 Å². The van der Waals surface area contributed by atoms with Crippen LogP contribution in [0.5, 0.6) is 0 Å². The first-order valence-corrected chi connectivity index (χ1v) is 7.12. The van der Waals surface area contributed by atoms with Gasteiger partial charge < -0.3 is 11.1 Å². The molecular weight excluding hydrogens is 212 g/mol. The fraction of sp³-hybridized carbons (Fsp3) is 0.929. The molecule has 2 aliphatic rings. The summed E-state index contributed by atoms with van der Waals surface area (Å²) in [7, 11) is 0. The highest BCUT2D eigenvalue weighted by Crippen LogP contribution is 2.36. The fourth-order valence-electron chi connectivity index (χ4n) is 3.23. The normalized spacial score (nSPS) is 32.4. The van der Waals surface area contributed by atoms with Crippen molar-refractivity contribution < 1.29 is 4.79 Å². The van der Waals surface area contributed by atoms with Gasteiger partial charge in [0, 0.05) is 18.5 Å². The standard InChI is InChI=1S/C14H26N2O/c1-14(8-2-3-9-14)10-16-13(17)11-4-6-12(15)7-5-11/h11-12H,2-10,15H2,1H3,(H,16,17). The van der Waals surface area contributed by atoms with E-state index in [-0.39, 0.29) is 11.8 Å². The predicted octanol–water partition coefficient (Wildman–Crippen LogP) is 2.20. The van der Waals surface area contributed by atoms with Crippen LogP contribution < -0.4 is 11.1 Å². The molecule has 0 atom stereocenters. The summed E-state index contributed by atoms with van der Waals surface area (Å²) < 4.78 is 0. The van der Waals surface area contributed by atoms with Crippen molar-refractivity contribution in [3.05, 3.63) is 0 Å². The Morgan fingerprint density at radius 1 is 1.24 bits per heavy atom. The summed E-state index contributed by atoms with van der Waals surface area (Å²) in [6, 6.07) is 0.325. The Morgan fingerprint density at radius 3 is 2.41 bits per heavy atom. The van der Waals surface area contributed by atoms with E-state index in [9.17, 15) is 4.79 Å². The van der Waals surface area contributed by atoms with Crippen LogP contribution in [0, 0.1) is 11.3 Å². The van der Waals surface area contributed by atoms with E-state index < -0.39 is 0 Å². The molecule has 0 bridgehead atoms. The molecule has 2 fully saturated rings. The smallest absolute Gasteiger partial charge is 0.223 e. The Kier molecular flexibility index (Phi) is 4.08. The molecule has 0 heterocycles. The van der Waals surface area contributed by atoms with E-state index in [0.717, 1.165) is 32.2 Å². The molecule has 3 N–H and O–H groups in total. The third-order valence-electron chi connectivity index (χ3n) is 4.64. The van der Waals surface area contributed by atoms with Crippen LogP contribution in [0.3, 0.4) is 0 Å². The van der Waals surface area contributed by atoms with Crippen molar-refractivity contribution in [3.63, 3.8) is 0 Å². The topological polar surface area (TPSA) is 55.1 Å². The van der Waals surface area contributed by atoms with Gasteiger partial charge in [0.2, 0.25) is 5.91 Å². The van der Waals surface area contributed by atoms with Gasteiger partial charge in [-0.3, -0.25) is 4.79 Å². The first kappa shape index (κ1) is 12.9. The minimum Gasteiger partial charge on any atom is -0.355 e. The van der Waals surface area contributed by atoms with Crippen LogP contribution in [0.15, 0.2) is 0 Å². The Balaban J connectivity index is 1.73. The van der Waals surface area contributed by atoms with Gasteiger partial charge in [0.25, 0.3) is 0 Å². The molecule has 2 rings (SSSR count). The highest BCUT2D eigenvalue weighted by molar-refractivity contribution is 5.78. The average molecular weight is 238 g/mol. The zero-order valence-corrected chi connectivity index (χ0v) is 11.0. The van der Waals surface area contributed by atoms with E-state index in [1.807, 2.05) is 0 Å². The second-order valence-corrected chi connectivity index (χ2v) is 6.35. The molecule has 0 saturated heterocycles. The molecule has 3 heteroatoms. The van der Waals surface area contributed by atoms with E-state index in [4.69, 9.17) is 5.73 Å². The maximum Gasteiger partial charge on any atom is 0.223 e. The quantitative estimate of drug-likeness (QED) is 0.792. The number of nitrogens with one attached hydrogen (secondary N) is 1. The molecule has 0 aromatic carbocycles. The van der Waals surface area contributed by atoms with Crippen LogP contribution in [0.25, 0.3) is 0 Å². The second kappa shape index (κ2) is 5.38. The van der Waals surface area contributed by atoms with Gasteiger partial charge in [0.1, 0.15) is 0 Å². The lowest BCUT2D eigenvalue weighted by atomic mass is 9.85. The van der Waals surface area contributed by atoms with Crippen LogP contribution in [0.2, 0.25) is 0 Å². The van der Waals surface area contributed by atoms with E-state index in [1.54, 1.807) is 0 Å². The Hall–Kier alpha value is -0.570. The highest BCUT2D eigenvalue weighted by Gasteiger charge is 2.30. The fourth-order valence-corrected chi connectivity index (χ4v) is 3.23. The molecule has 0 unspecified atom stereocenters. The summed E-state index contributed by atoms with van der Waals surface area (Å²) in [5, 5.41) is 3.17. The maximum atomic E-state index is 12.1. The number of hydrogen-bond acceptors (Lipinski definition) is 2. The summed E-state index contributed by atoms with van der Waals surface area (Å²) in [6.45, 7) is 3.17. The van der Waals surface area contributed by atoms with E-state index in [1.165, 1.54) is 25.7 Å². The molecule has 0 aromatic rings. The van der Waals surface area contributed by atoms with E-state index in [0.29, 0.717) is 11.5 Å². The van der Waals surface area contributed by atoms with Crippen LogP contribution in [-0.2, 0) is 4.79 Å². The average Bonchev–Trinajstić information content (AvgIpc) is 2.75. The van der Waals surface area contributed by atoms with Gasteiger partial charge in [0.15, 0.2) is 0 Å². The Labute approximate surface area is 105 Å². The van der Waals surface area contributed by atoms with Gasteiger partial charge >= 0.3 is 0 Å². The minimum absolute atomic E-state index is 0.222. The van der Waals surface area contributed by atoms with E-state index >= 15 is 0 Å². The molecule has 98 valence electrons. The zero-order valence-electron chi connectivity index (χ0n) is 11.0. The lowest BCUT2D eigenvalue weighted by Gasteiger charge is -2.28. The van der Waals surface area contributed by atoms with Crippen LogP contribution in [0.4, 0.5) is 0 Å². The number of amides is 1. The van der Waals surface area contributed by atoms with Crippen molar-refractivity contribution >= 4 is 5.91 Å². The second-order valence-electron chi connectivity index (χ2n) is 6.35. The largest absolute Gasteiger partial charge is 0.355 e. The molecule has 0 spiro atoms. The van der Waals surface area contributed by atoms with Crippen LogP contribution in [0.1, 0.15) is 58.3 Å². The summed E-state index contributed by atoms with van der Waals surface area (Å²) in [4.78, 5) is 12.1. The van der Waals surface area contributed by atoms with Gasteiger partial charge in [-0.1, -0.05) is 19.8 Å². The molecule has 17 heavy (non-hydrogen) atoms. The van der Waals surface area contributed by atoms with Gasteiger partial charge in [0.05, 0.1) is 0 Å². The molecular formula is C14H26N2O. The number of carbonyl (C=O) groups excluding carboxylic acids is 1. The van der Waals surface area contributed by atoms with Gasteiger partial charge in [-0.05, 0) is 43.9 Å². The number of hydrogen-bond donors (Lipinski definition) is 2. The first-order chi connectivity index (χ1) is 8.09. The lowest BCUT2D eigenvalue weighted by Crippen LogP contribution is -2.40. The molecule has 0 aromatic heterocycles. The van der Waals surface area contributed by atoms with E-state index in [2.05, 4.69) is 12.2 Å². The lowest BCUT2D eigenvalue weighted by molar-refractivity contribution is -0.126. The summed E-state index contributed by atoms with van der Waals surface area (Å²) in [5.41, 5.74) is 6.22. The maximum absolute atomic E-state index is 12.1. The molecule has 3 nitrogen and oxygen atoms in total. The van der Waals surface area contributed by atoms with Gasteiger partial charge in [-0.2, -0.15) is 0 Å². The van der Waals surface area contributed by atoms with Crippen molar-refractivity contribution in [1.29, 1.82) is 0 Å². The van der Waals surface area contributed by atoms with Gasteiger partial charge in [-0.25, -0.2) is 0 Å². The molecule has 2 saturated carbocycles. The molecule has 2 aliphatic carbocycles. The van der Waals surface area contributed by atoms with Gasteiger partial charge in [-0.15, -0.1) is 0 Å². The number of nitrogens with two attached hydrogens (primary N) is 1. The summed E-state index contributed by atoms with van der Waals surface area (Å²) >= 11 is 0. The first-order valence-electron chi connectivity index (χ1n) is 7.12. The monoisotopic (exact) mass is 238 g/mol. The third-order valence-corrected chi connectivity index (χ3v) is 4.64. The van der Waals surface area contributed by atoms with Crippen molar-refractivity contribution in [2.75, 3.05) is 6.54 Å². The van der Waals surface area contributed by atoms with Crippen molar-refractivity contribution in [3.8, 4) is 0 Å².